The smallest absolute Gasteiger partial charge is 0.340 e. The average molecular weight is 354 g/mol. The number of carbonyl (C=O) groups excluding carboxylic acids is 3. The summed E-state index contributed by atoms with van der Waals surface area (Å²) in [5.41, 5.74) is 1.70. The Kier molecular flexibility index (Phi) is 7.36. The molecular weight excluding hydrogens is 332 g/mol. The Morgan fingerprint density at radius 1 is 0.923 bits per heavy atom. The Morgan fingerprint density at radius 2 is 1.62 bits per heavy atom. The van der Waals surface area contributed by atoms with Crippen LogP contribution in [0.4, 0.5) is 5.69 Å². The van der Waals surface area contributed by atoms with Gasteiger partial charge in [0.2, 0.25) is 11.8 Å². The number of nitrogens with one attached hydrogen (secondary N) is 2. The van der Waals surface area contributed by atoms with E-state index in [9.17, 15) is 14.4 Å². The van der Waals surface area contributed by atoms with Crippen molar-refractivity contribution in [2.45, 2.75) is 19.8 Å². The van der Waals surface area contributed by atoms with Gasteiger partial charge in [0.1, 0.15) is 6.42 Å². The number of hydrogen-bond donors (Lipinski definition) is 2. The lowest BCUT2D eigenvalue weighted by Gasteiger charge is -2.10. The van der Waals surface area contributed by atoms with Crippen LogP contribution in [0.2, 0.25) is 0 Å². The largest absolute Gasteiger partial charge is 0.462 e. The highest BCUT2D eigenvalue weighted by molar-refractivity contribution is 6.06. The molecule has 2 rings (SSSR count). The fourth-order valence-electron chi connectivity index (χ4n) is 2.37. The number of benzene rings is 2. The van der Waals surface area contributed by atoms with Crippen molar-refractivity contribution in [2.75, 3.05) is 18.5 Å². The molecule has 2 amide bonds. The van der Waals surface area contributed by atoms with Gasteiger partial charge in [0.05, 0.1) is 17.9 Å². The zero-order chi connectivity index (χ0) is 18.8. The van der Waals surface area contributed by atoms with Gasteiger partial charge in [-0.15, -0.1) is 0 Å². The molecule has 0 saturated carbocycles. The van der Waals surface area contributed by atoms with Gasteiger partial charge in [-0.1, -0.05) is 42.5 Å². The SMILES string of the molecule is CCOC(=O)c1ccccc1NC(=O)CC(=O)NCCc1ccccc1. The Hall–Kier alpha value is -3.15. The van der Waals surface area contributed by atoms with Crippen molar-refractivity contribution in [3.63, 3.8) is 0 Å². The molecule has 26 heavy (non-hydrogen) atoms. The standard InChI is InChI=1S/C20H22N2O4/c1-2-26-20(25)16-10-6-7-11-17(16)22-19(24)14-18(23)21-13-12-15-8-4-3-5-9-15/h3-11H,2,12-14H2,1H3,(H,21,23)(H,22,24). The quantitative estimate of drug-likeness (QED) is 0.564. The van der Waals surface area contributed by atoms with Crippen LogP contribution < -0.4 is 10.6 Å². The van der Waals surface area contributed by atoms with E-state index in [-0.39, 0.29) is 24.5 Å². The monoisotopic (exact) mass is 354 g/mol. The maximum atomic E-state index is 12.1. The number of esters is 1. The fourth-order valence-corrected chi connectivity index (χ4v) is 2.37. The van der Waals surface area contributed by atoms with Crippen LogP contribution in [0.5, 0.6) is 0 Å². The third-order valence-electron chi connectivity index (χ3n) is 3.60. The molecule has 6 heteroatoms. The summed E-state index contributed by atoms with van der Waals surface area (Å²) in [6.45, 7) is 2.40. The molecule has 136 valence electrons. The van der Waals surface area contributed by atoms with E-state index < -0.39 is 11.9 Å². The van der Waals surface area contributed by atoms with Crippen molar-refractivity contribution in [3.05, 3.63) is 65.7 Å². The number of ether oxygens (including phenoxy) is 1. The molecule has 0 fully saturated rings. The minimum atomic E-state index is -0.518. The number of amides is 2. The van der Waals surface area contributed by atoms with Crippen LogP contribution in [0, 0.1) is 0 Å². The van der Waals surface area contributed by atoms with E-state index in [1.165, 1.54) is 0 Å². The van der Waals surface area contributed by atoms with Crippen LogP contribution in [0.15, 0.2) is 54.6 Å². The molecule has 6 nitrogen and oxygen atoms in total. The maximum absolute atomic E-state index is 12.1. The zero-order valence-corrected chi connectivity index (χ0v) is 14.7. The van der Waals surface area contributed by atoms with Gasteiger partial charge in [0, 0.05) is 6.54 Å². The van der Waals surface area contributed by atoms with Crippen LogP contribution in [0.1, 0.15) is 29.3 Å². The van der Waals surface area contributed by atoms with Gasteiger partial charge >= 0.3 is 5.97 Å². The summed E-state index contributed by atoms with van der Waals surface area (Å²) in [6, 6.07) is 16.3. The van der Waals surface area contributed by atoms with E-state index in [0.29, 0.717) is 18.7 Å². The lowest BCUT2D eigenvalue weighted by atomic mass is 10.1. The van der Waals surface area contributed by atoms with Crippen LogP contribution >= 0.6 is 0 Å². The van der Waals surface area contributed by atoms with Crippen LogP contribution in [-0.4, -0.2) is 30.9 Å². The van der Waals surface area contributed by atoms with Gasteiger partial charge < -0.3 is 15.4 Å². The van der Waals surface area contributed by atoms with Crippen molar-refractivity contribution in [3.8, 4) is 0 Å². The third-order valence-corrected chi connectivity index (χ3v) is 3.60. The van der Waals surface area contributed by atoms with Gasteiger partial charge in [-0.05, 0) is 31.0 Å². The van der Waals surface area contributed by atoms with Crippen LogP contribution in [-0.2, 0) is 20.7 Å². The number of carbonyl (C=O) groups is 3. The molecule has 0 aliphatic rings. The first kappa shape index (κ1) is 19.2. The highest BCUT2D eigenvalue weighted by Gasteiger charge is 2.15. The van der Waals surface area contributed by atoms with E-state index in [0.717, 1.165) is 5.56 Å². The Balaban J connectivity index is 1.83. The molecule has 0 radical (unpaired) electrons. The van der Waals surface area contributed by atoms with E-state index >= 15 is 0 Å². The van der Waals surface area contributed by atoms with Gasteiger partial charge in [0.15, 0.2) is 0 Å². The van der Waals surface area contributed by atoms with Gasteiger partial charge in [-0.25, -0.2) is 4.79 Å². The van der Waals surface area contributed by atoms with Crippen molar-refractivity contribution < 1.29 is 19.1 Å². The van der Waals surface area contributed by atoms with E-state index in [1.807, 2.05) is 30.3 Å². The Labute approximate surface area is 152 Å². The summed E-state index contributed by atoms with van der Waals surface area (Å²) in [5, 5.41) is 5.30. The Bertz CT molecular complexity index is 759. The normalized spacial score (nSPS) is 10.0. The second kappa shape index (κ2) is 9.98. The third kappa shape index (κ3) is 6.05. The molecule has 0 heterocycles. The highest BCUT2D eigenvalue weighted by atomic mass is 16.5. The summed E-state index contributed by atoms with van der Waals surface area (Å²) in [6.07, 6.45) is 0.381. The second-order valence-electron chi connectivity index (χ2n) is 5.58. The lowest BCUT2D eigenvalue weighted by molar-refractivity contribution is -0.126. The number of para-hydroxylation sites is 1. The van der Waals surface area contributed by atoms with Gasteiger partial charge in [0.25, 0.3) is 0 Å². The molecule has 0 bridgehead atoms. The first-order valence-corrected chi connectivity index (χ1v) is 8.46. The minimum Gasteiger partial charge on any atom is -0.462 e. The molecule has 2 aromatic carbocycles. The van der Waals surface area contributed by atoms with E-state index in [4.69, 9.17) is 4.74 Å². The van der Waals surface area contributed by atoms with Gasteiger partial charge in [-0.3, -0.25) is 9.59 Å². The molecule has 2 aromatic rings. The summed E-state index contributed by atoms with van der Waals surface area (Å²) < 4.78 is 4.96. The van der Waals surface area contributed by atoms with E-state index in [2.05, 4.69) is 10.6 Å². The van der Waals surface area contributed by atoms with Crippen LogP contribution in [0.3, 0.4) is 0 Å². The fraction of sp³-hybridized carbons (Fsp3) is 0.250. The topological polar surface area (TPSA) is 84.5 Å². The summed E-state index contributed by atoms with van der Waals surface area (Å²) in [7, 11) is 0. The lowest BCUT2D eigenvalue weighted by Crippen LogP contribution is -2.30. The molecule has 0 aliphatic heterocycles. The molecule has 0 atom stereocenters. The summed E-state index contributed by atoms with van der Waals surface area (Å²) >= 11 is 0. The molecular formula is C20H22N2O4. The molecule has 2 N–H and O–H groups in total. The van der Waals surface area contributed by atoms with Crippen molar-refractivity contribution in [2.24, 2.45) is 0 Å². The summed E-state index contributed by atoms with van der Waals surface area (Å²) in [5.74, 6) is -1.37. The number of rotatable bonds is 8. The minimum absolute atomic E-state index is 0.241. The van der Waals surface area contributed by atoms with Crippen LogP contribution in [0.25, 0.3) is 0 Å². The predicted molar refractivity (Wildman–Crippen MR) is 98.8 cm³/mol. The first-order chi connectivity index (χ1) is 12.6. The number of anilines is 1. The maximum Gasteiger partial charge on any atom is 0.340 e. The average Bonchev–Trinajstić information content (AvgIpc) is 2.63. The van der Waals surface area contributed by atoms with Crippen molar-refractivity contribution >= 4 is 23.5 Å². The second-order valence-corrected chi connectivity index (χ2v) is 5.58. The highest BCUT2D eigenvalue weighted by Crippen LogP contribution is 2.16. The van der Waals surface area contributed by atoms with Gasteiger partial charge in [-0.2, -0.15) is 0 Å². The molecule has 0 unspecified atom stereocenters. The molecule has 0 aromatic heterocycles. The summed E-state index contributed by atoms with van der Waals surface area (Å²) in [4.78, 5) is 35.8. The molecule has 0 saturated heterocycles. The molecule has 0 spiro atoms. The number of hydrogen-bond acceptors (Lipinski definition) is 4. The predicted octanol–water partition coefficient (Wildman–Crippen LogP) is 2.55. The van der Waals surface area contributed by atoms with E-state index in [1.54, 1.807) is 31.2 Å². The van der Waals surface area contributed by atoms with Crippen molar-refractivity contribution in [1.29, 1.82) is 0 Å². The Morgan fingerprint density at radius 3 is 2.35 bits per heavy atom. The first-order valence-electron chi connectivity index (χ1n) is 8.46. The zero-order valence-electron chi connectivity index (χ0n) is 14.7. The van der Waals surface area contributed by atoms with Crippen molar-refractivity contribution in [1.82, 2.24) is 5.32 Å². The molecule has 0 aliphatic carbocycles.